The molecule has 5 nitrogen and oxygen atoms in total. The van der Waals surface area contributed by atoms with Crippen molar-refractivity contribution in [2.45, 2.75) is 24.2 Å². The molecule has 0 aromatic heterocycles. The minimum atomic E-state index is -3.42. The number of carbonyl (C=O) groups is 1. The molecule has 2 aromatic rings. The maximum absolute atomic E-state index is 12.6. The third-order valence-electron chi connectivity index (χ3n) is 4.51. The number of halogens is 1. The number of sulfone groups is 1. The van der Waals surface area contributed by atoms with Gasteiger partial charge in [-0.1, -0.05) is 23.7 Å². The van der Waals surface area contributed by atoms with E-state index in [0.29, 0.717) is 17.0 Å². The van der Waals surface area contributed by atoms with Gasteiger partial charge in [0, 0.05) is 10.6 Å². The lowest BCUT2D eigenvalue weighted by molar-refractivity contribution is 0.0706. The summed E-state index contributed by atoms with van der Waals surface area (Å²) in [5.74, 6) is -0.552. The highest BCUT2D eigenvalue weighted by Gasteiger charge is 2.26. The Morgan fingerprint density at radius 1 is 1.20 bits per heavy atom. The Balaban J connectivity index is 1.79. The number of aryl methyl sites for hydroxylation is 1. The Kier molecular flexibility index (Phi) is 5.13. The predicted octanol–water partition coefficient (Wildman–Crippen LogP) is 3.04. The number of amides is 1. The molecule has 7 heteroatoms. The highest BCUT2D eigenvalue weighted by atomic mass is 35.5. The van der Waals surface area contributed by atoms with E-state index in [1.54, 1.807) is 35.8 Å². The number of hydrogen-bond donors (Lipinski definition) is 2. The summed E-state index contributed by atoms with van der Waals surface area (Å²) in [4.78, 5) is 11.8. The third kappa shape index (κ3) is 4.03. The molecule has 0 aliphatic heterocycles. The fraction of sp³-hybridized carbons (Fsp3) is 0.278. The quantitative estimate of drug-likeness (QED) is 0.631. The van der Waals surface area contributed by atoms with Crippen LogP contribution in [0.5, 0.6) is 0 Å². The van der Waals surface area contributed by atoms with Crippen LogP contribution in [0.2, 0.25) is 5.02 Å². The monoisotopic (exact) mass is 379 g/mol. The highest BCUT2D eigenvalue weighted by Crippen LogP contribution is 2.29. The van der Waals surface area contributed by atoms with E-state index >= 15 is 0 Å². The summed E-state index contributed by atoms with van der Waals surface area (Å²) < 4.78 is 25.3. The first kappa shape index (κ1) is 17.9. The summed E-state index contributed by atoms with van der Waals surface area (Å²) in [7, 11) is -3.42. The van der Waals surface area contributed by atoms with Crippen LogP contribution in [0.1, 0.15) is 27.9 Å². The first-order valence-electron chi connectivity index (χ1n) is 7.93. The molecule has 2 N–H and O–H groups in total. The molecule has 1 atom stereocenters. The van der Waals surface area contributed by atoms with E-state index in [1.165, 1.54) is 6.07 Å². The van der Waals surface area contributed by atoms with Crippen molar-refractivity contribution in [1.29, 1.82) is 0 Å². The predicted molar refractivity (Wildman–Crippen MR) is 94.7 cm³/mol. The van der Waals surface area contributed by atoms with E-state index in [9.17, 15) is 13.2 Å². The number of carbonyl (C=O) groups excluding carboxylic acids is 1. The Morgan fingerprint density at radius 2 is 2.00 bits per heavy atom. The molecule has 1 amide bonds. The van der Waals surface area contributed by atoms with Crippen molar-refractivity contribution in [1.82, 2.24) is 5.48 Å². The molecule has 3 rings (SSSR count). The van der Waals surface area contributed by atoms with Crippen LogP contribution in [-0.2, 0) is 22.7 Å². The van der Waals surface area contributed by atoms with Gasteiger partial charge in [0.05, 0.1) is 10.6 Å². The maximum atomic E-state index is 12.6. The first-order valence-corrected chi connectivity index (χ1v) is 9.96. The lowest BCUT2D eigenvalue weighted by Crippen LogP contribution is -2.24. The number of hydrogen-bond acceptors (Lipinski definition) is 4. The molecule has 0 saturated carbocycles. The second kappa shape index (κ2) is 7.15. The summed E-state index contributed by atoms with van der Waals surface area (Å²) in [6.45, 7) is 0. The smallest absolute Gasteiger partial charge is 0.274 e. The van der Waals surface area contributed by atoms with Crippen molar-refractivity contribution in [3.63, 3.8) is 0 Å². The van der Waals surface area contributed by atoms with Crippen LogP contribution in [0, 0.1) is 5.92 Å². The van der Waals surface area contributed by atoms with Crippen LogP contribution >= 0.6 is 11.6 Å². The van der Waals surface area contributed by atoms with Crippen molar-refractivity contribution in [2.24, 2.45) is 5.92 Å². The van der Waals surface area contributed by atoms with Crippen LogP contribution in [0.3, 0.4) is 0 Å². The van der Waals surface area contributed by atoms with Gasteiger partial charge in [-0.15, -0.1) is 0 Å². The minimum absolute atomic E-state index is 0.0241. The first-order chi connectivity index (χ1) is 11.9. The topological polar surface area (TPSA) is 83.5 Å². The summed E-state index contributed by atoms with van der Waals surface area (Å²) in [5.41, 5.74) is 4.05. The van der Waals surface area contributed by atoms with Gasteiger partial charge in [-0.25, -0.2) is 13.9 Å². The molecule has 0 heterocycles. The summed E-state index contributed by atoms with van der Waals surface area (Å²) >= 11 is 5.90. The number of fused-ring (bicyclic) bond motifs is 1. The lowest BCUT2D eigenvalue weighted by Gasteiger charge is -2.25. The minimum Gasteiger partial charge on any atom is -0.288 e. The zero-order valence-electron chi connectivity index (χ0n) is 13.4. The van der Waals surface area contributed by atoms with Crippen LogP contribution < -0.4 is 5.48 Å². The molecule has 1 unspecified atom stereocenters. The summed E-state index contributed by atoms with van der Waals surface area (Å²) in [6, 6.07) is 11.5. The van der Waals surface area contributed by atoms with Gasteiger partial charge < -0.3 is 0 Å². The van der Waals surface area contributed by atoms with Crippen molar-refractivity contribution in [3.8, 4) is 0 Å². The number of nitrogens with one attached hydrogen (secondary N) is 1. The fourth-order valence-electron chi connectivity index (χ4n) is 3.25. The van der Waals surface area contributed by atoms with Gasteiger partial charge in [-0.2, -0.15) is 0 Å². The molecule has 0 saturated heterocycles. The largest absolute Gasteiger partial charge is 0.288 e. The fourth-order valence-corrected chi connectivity index (χ4v) is 5.19. The molecule has 2 aromatic carbocycles. The molecular formula is C18H18ClNO4S. The number of rotatable bonds is 4. The molecule has 1 aliphatic rings. The van der Waals surface area contributed by atoms with Crippen LogP contribution in [0.4, 0.5) is 0 Å². The molecule has 0 fully saturated rings. The van der Waals surface area contributed by atoms with Crippen LogP contribution in [-0.4, -0.2) is 25.3 Å². The number of benzene rings is 2. The van der Waals surface area contributed by atoms with Gasteiger partial charge in [-0.3, -0.25) is 10.0 Å². The van der Waals surface area contributed by atoms with E-state index in [4.69, 9.17) is 16.8 Å². The standard InChI is InChI=1S/C18H18ClNO4S/c19-16-2-1-3-17(10-16)25(23,24)11-12-4-5-13-6-7-14(18(21)20-22)9-15(13)8-12/h1-3,6-7,9-10,12,22H,4-5,8,11H2,(H,20,21). The average Bonchev–Trinajstić information content (AvgIpc) is 2.60. The molecule has 0 bridgehead atoms. The molecule has 132 valence electrons. The number of hydroxylamine groups is 1. The Labute approximate surface area is 151 Å². The second-order valence-corrected chi connectivity index (χ2v) is 8.74. The Bertz CT molecular complexity index is 911. The van der Waals surface area contributed by atoms with E-state index in [-0.39, 0.29) is 16.6 Å². The lowest BCUT2D eigenvalue weighted by atomic mass is 9.84. The van der Waals surface area contributed by atoms with Crippen LogP contribution in [0.25, 0.3) is 0 Å². The zero-order valence-corrected chi connectivity index (χ0v) is 15.0. The molecule has 1 aliphatic carbocycles. The van der Waals surface area contributed by atoms with Gasteiger partial charge in [-0.05, 0) is 66.6 Å². The van der Waals surface area contributed by atoms with Crippen LogP contribution in [0.15, 0.2) is 47.4 Å². The van der Waals surface area contributed by atoms with Gasteiger partial charge in [0.1, 0.15) is 0 Å². The van der Waals surface area contributed by atoms with Crippen molar-refractivity contribution in [2.75, 3.05) is 5.75 Å². The average molecular weight is 380 g/mol. The normalized spacial score (nSPS) is 17.0. The third-order valence-corrected chi connectivity index (χ3v) is 6.63. The molecular weight excluding hydrogens is 362 g/mol. The van der Waals surface area contributed by atoms with Crippen molar-refractivity contribution in [3.05, 3.63) is 64.2 Å². The molecule has 25 heavy (non-hydrogen) atoms. The highest BCUT2D eigenvalue weighted by molar-refractivity contribution is 7.91. The summed E-state index contributed by atoms with van der Waals surface area (Å²) in [5, 5.41) is 9.15. The maximum Gasteiger partial charge on any atom is 0.274 e. The molecule has 0 radical (unpaired) electrons. The van der Waals surface area contributed by atoms with Gasteiger partial charge in [0.25, 0.3) is 5.91 Å². The van der Waals surface area contributed by atoms with Gasteiger partial charge in [0.2, 0.25) is 0 Å². The summed E-state index contributed by atoms with van der Waals surface area (Å²) in [6.07, 6.45) is 2.13. The van der Waals surface area contributed by atoms with E-state index in [1.807, 2.05) is 6.07 Å². The Hall–Kier alpha value is -1.89. The zero-order chi connectivity index (χ0) is 18.0. The molecule has 0 spiro atoms. The van der Waals surface area contributed by atoms with E-state index in [0.717, 1.165) is 24.0 Å². The SMILES string of the molecule is O=C(NO)c1ccc2c(c1)CC(CS(=O)(=O)c1cccc(Cl)c1)CC2. The van der Waals surface area contributed by atoms with Crippen molar-refractivity contribution < 1.29 is 18.4 Å². The second-order valence-electron chi connectivity index (χ2n) is 6.27. The van der Waals surface area contributed by atoms with E-state index in [2.05, 4.69) is 0 Å². The van der Waals surface area contributed by atoms with Crippen molar-refractivity contribution >= 4 is 27.3 Å². The van der Waals surface area contributed by atoms with Gasteiger partial charge in [0.15, 0.2) is 9.84 Å². The van der Waals surface area contributed by atoms with E-state index < -0.39 is 15.7 Å². The van der Waals surface area contributed by atoms with Gasteiger partial charge >= 0.3 is 0 Å². The Morgan fingerprint density at radius 3 is 2.72 bits per heavy atom.